The van der Waals surface area contributed by atoms with E-state index in [-0.39, 0.29) is 17.5 Å². The molecular formula is C17H17N3O5. The number of nitro benzene ring substituents is 2. The third kappa shape index (κ3) is 4.03. The number of nitro groups is 2. The second kappa shape index (κ2) is 7.16. The highest BCUT2D eigenvalue weighted by atomic mass is 16.6. The van der Waals surface area contributed by atoms with Crippen molar-refractivity contribution in [3.05, 3.63) is 68.8 Å². The van der Waals surface area contributed by atoms with Gasteiger partial charge in [0.15, 0.2) is 0 Å². The molecule has 130 valence electrons. The Morgan fingerprint density at radius 1 is 0.840 bits per heavy atom. The van der Waals surface area contributed by atoms with Crippen LogP contribution in [0.15, 0.2) is 48.5 Å². The molecular weight excluding hydrogens is 326 g/mol. The van der Waals surface area contributed by atoms with Crippen molar-refractivity contribution in [1.82, 2.24) is 0 Å². The van der Waals surface area contributed by atoms with Gasteiger partial charge in [-0.05, 0) is 24.3 Å². The van der Waals surface area contributed by atoms with Crippen molar-refractivity contribution >= 4 is 17.1 Å². The van der Waals surface area contributed by atoms with Gasteiger partial charge in [0.05, 0.1) is 9.85 Å². The SMILES string of the molecule is O=[N+]([O-])c1ccc(OC2CCN(c3ccc([N+](=O)[O-])cc3)CC2)cc1. The molecule has 25 heavy (non-hydrogen) atoms. The molecule has 0 unspecified atom stereocenters. The highest BCUT2D eigenvalue weighted by Gasteiger charge is 2.21. The third-order valence-corrected chi connectivity index (χ3v) is 4.22. The summed E-state index contributed by atoms with van der Waals surface area (Å²) in [5.74, 6) is 0.624. The average molecular weight is 343 g/mol. The summed E-state index contributed by atoms with van der Waals surface area (Å²) in [6.45, 7) is 1.57. The molecule has 0 atom stereocenters. The molecule has 1 aliphatic rings. The van der Waals surface area contributed by atoms with E-state index in [4.69, 9.17) is 4.74 Å². The summed E-state index contributed by atoms with van der Waals surface area (Å²) < 4.78 is 5.89. The Kier molecular flexibility index (Phi) is 4.78. The summed E-state index contributed by atoms with van der Waals surface area (Å²) in [7, 11) is 0. The number of hydrogen-bond acceptors (Lipinski definition) is 6. The van der Waals surface area contributed by atoms with Crippen LogP contribution in [0.3, 0.4) is 0 Å². The van der Waals surface area contributed by atoms with Gasteiger partial charge >= 0.3 is 0 Å². The Hall–Kier alpha value is -3.16. The molecule has 0 aromatic heterocycles. The molecule has 0 aliphatic carbocycles. The predicted molar refractivity (Wildman–Crippen MR) is 92.1 cm³/mol. The van der Waals surface area contributed by atoms with Crippen LogP contribution in [0.5, 0.6) is 5.75 Å². The van der Waals surface area contributed by atoms with E-state index in [0.29, 0.717) is 5.75 Å². The lowest BCUT2D eigenvalue weighted by molar-refractivity contribution is -0.385. The molecule has 8 nitrogen and oxygen atoms in total. The van der Waals surface area contributed by atoms with Crippen LogP contribution >= 0.6 is 0 Å². The third-order valence-electron chi connectivity index (χ3n) is 4.22. The zero-order chi connectivity index (χ0) is 17.8. The lowest BCUT2D eigenvalue weighted by Crippen LogP contribution is -2.38. The van der Waals surface area contributed by atoms with Gasteiger partial charge in [0, 0.05) is 55.9 Å². The maximum absolute atomic E-state index is 10.7. The molecule has 0 radical (unpaired) electrons. The van der Waals surface area contributed by atoms with Crippen LogP contribution in [-0.4, -0.2) is 29.0 Å². The molecule has 0 saturated carbocycles. The molecule has 0 bridgehead atoms. The van der Waals surface area contributed by atoms with Crippen LogP contribution in [0, 0.1) is 20.2 Å². The fraction of sp³-hybridized carbons (Fsp3) is 0.294. The quantitative estimate of drug-likeness (QED) is 0.608. The van der Waals surface area contributed by atoms with Crippen LogP contribution in [0.1, 0.15) is 12.8 Å². The van der Waals surface area contributed by atoms with Crippen molar-refractivity contribution in [3.8, 4) is 5.75 Å². The molecule has 8 heteroatoms. The van der Waals surface area contributed by atoms with Crippen LogP contribution in [-0.2, 0) is 0 Å². The van der Waals surface area contributed by atoms with Crippen LogP contribution in [0.25, 0.3) is 0 Å². The number of anilines is 1. The molecule has 1 saturated heterocycles. The summed E-state index contributed by atoms with van der Waals surface area (Å²) in [4.78, 5) is 22.7. The summed E-state index contributed by atoms with van der Waals surface area (Å²) in [6.07, 6.45) is 1.68. The average Bonchev–Trinajstić information content (AvgIpc) is 2.63. The molecule has 1 aliphatic heterocycles. The van der Waals surface area contributed by atoms with E-state index in [1.807, 2.05) is 0 Å². The fourth-order valence-corrected chi connectivity index (χ4v) is 2.86. The first-order chi connectivity index (χ1) is 12.0. The van der Waals surface area contributed by atoms with Crippen LogP contribution in [0.4, 0.5) is 17.1 Å². The van der Waals surface area contributed by atoms with E-state index in [2.05, 4.69) is 4.90 Å². The van der Waals surface area contributed by atoms with Crippen molar-refractivity contribution in [2.75, 3.05) is 18.0 Å². The summed E-state index contributed by atoms with van der Waals surface area (Å²) in [5.41, 5.74) is 1.08. The number of piperidine rings is 1. The van der Waals surface area contributed by atoms with E-state index < -0.39 is 9.85 Å². The first-order valence-corrected chi connectivity index (χ1v) is 7.93. The largest absolute Gasteiger partial charge is 0.490 e. The minimum Gasteiger partial charge on any atom is -0.490 e. The normalized spacial score (nSPS) is 15.0. The molecule has 2 aromatic carbocycles. The molecule has 2 aromatic rings. The zero-order valence-electron chi connectivity index (χ0n) is 13.4. The van der Waals surface area contributed by atoms with Gasteiger partial charge in [-0.25, -0.2) is 0 Å². The molecule has 1 heterocycles. The lowest BCUT2D eigenvalue weighted by Gasteiger charge is -2.33. The number of nitrogens with zero attached hydrogens (tertiary/aromatic N) is 3. The van der Waals surface area contributed by atoms with Gasteiger partial charge < -0.3 is 9.64 Å². The maximum atomic E-state index is 10.7. The van der Waals surface area contributed by atoms with Gasteiger partial charge in [-0.2, -0.15) is 0 Å². The van der Waals surface area contributed by atoms with Gasteiger partial charge in [0.2, 0.25) is 0 Å². The van der Waals surface area contributed by atoms with Gasteiger partial charge in [-0.15, -0.1) is 0 Å². The summed E-state index contributed by atoms with van der Waals surface area (Å²) in [6, 6.07) is 12.6. The van der Waals surface area contributed by atoms with Crippen molar-refractivity contribution in [2.24, 2.45) is 0 Å². The zero-order valence-corrected chi connectivity index (χ0v) is 13.4. The van der Waals surface area contributed by atoms with Crippen LogP contribution < -0.4 is 9.64 Å². The topological polar surface area (TPSA) is 98.8 Å². The number of ether oxygens (including phenoxy) is 1. The Balaban J connectivity index is 1.54. The Bertz CT molecular complexity index is 753. The minimum atomic E-state index is -0.438. The van der Waals surface area contributed by atoms with E-state index in [1.165, 1.54) is 24.3 Å². The smallest absolute Gasteiger partial charge is 0.269 e. The number of hydrogen-bond donors (Lipinski definition) is 0. The Labute approximate surface area is 143 Å². The highest BCUT2D eigenvalue weighted by molar-refractivity contribution is 5.51. The van der Waals surface area contributed by atoms with Crippen molar-refractivity contribution in [1.29, 1.82) is 0 Å². The summed E-state index contributed by atoms with van der Waals surface area (Å²) >= 11 is 0. The monoisotopic (exact) mass is 343 g/mol. The first kappa shape index (κ1) is 16.7. The Morgan fingerprint density at radius 3 is 1.80 bits per heavy atom. The van der Waals surface area contributed by atoms with Gasteiger partial charge in [-0.1, -0.05) is 0 Å². The summed E-state index contributed by atoms with van der Waals surface area (Å²) in [5, 5.41) is 21.4. The molecule has 0 spiro atoms. The maximum Gasteiger partial charge on any atom is 0.269 e. The molecule has 0 amide bonds. The molecule has 0 N–H and O–H groups in total. The first-order valence-electron chi connectivity index (χ1n) is 7.93. The lowest BCUT2D eigenvalue weighted by atomic mass is 10.1. The molecule has 1 fully saturated rings. The highest BCUT2D eigenvalue weighted by Crippen LogP contribution is 2.25. The molecule has 3 rings (SSSR count). The van der Waals surface area contributed by atoms with Crippen molar-refractivity contribution < 1.29 is 14.6 Å². The van der Waals surface area contributed by atoms with Crippen molar-refractivity contribution in [2.45, 2.75) is 18.9 Å². The fourth-order valence-electron chi connectivity index (χ4n) is 2.86. The van der Waals surface area contributed by atoms with Gasteiger partial charge in [0.1, 0.15) is 11.9 Å². The van der Waals surface area contributed by atoms with Crippen LogP contribution in [0.2, 0.25) is 0 Å². The van der Waals surface area contributed by atoms with E-state index in [9.17, 15) is 20.2 Å². The second-order valence-corrected chi connectivity index (χ2v) is 5.83. The standard InChI is InChI=1S/C17H17N3O5/c21-19(22)14-3-1-13(2-4-14)18-11-9-17(10-12-18)25-16-7-5-15(6-8-16)20(23)24/h1-8,17H,9-12H2. The van der Waals surface area contributed by atoms with E-state index in [0.717, 1.165) is 31.6 Å². The van der Waals surface area contributed by atoms with E-state index >= 15 is 0 Å². The number of non-ortho nitro benzene ring substituents is 2. The van der Waals surface area contributed by atoms with Gasteiger partial charge in [0.25, 0.3) is 11.4 Å². The van der Waals surface area contributed by atoms with E-state index in [1.54, 1.807) is 24.3 Å². The number of rotatable bonds is 5. The predicted octanol–water partition coefficient (Wildman–Crippen LogP) is 3.55. The Morgan fingerprint density at radius 2 is 1.32 bits per heavy atom. The van der Waals surface area contributed by atoms with Gasteiger partial charge in [-0.3, -0.25) is 20.2 Å². The minimum absolute atomic E-state index is 0.0420. The second-order valence-electron chi connectivity index (χ2n) is 5.83. The number of benzene rings is 2. The van der Waals surface area contributed by atoms with Crippen molar-refractivity contribution in [3.63, 3.8) is 0 Å².